The highest BCUT2D eigenvalue weighted by Gasteiger charge is 2.25. The molecule has 0 unspecified atom stereocenters. The largest absolute Gasteiger partial charge is 0.493 e. The number of carbonyl (C=O) groups is 1. The molecule has 0 saturated carbocycles. The van der Waals surface area contributed by atoms with E-state index in [1.165, 1.54) is 0 Å². The SMILES string of the molecule is CC[C@@H](C)N(Cc1ccncc1)C(=O)c1cccc(OC)c1OC. The molecule has 128 valence electrons. The zero-order chi connectivity index (χ0) is 17.5. The second-order valence-corrected chi connectivity index (χ2v) is 5.59. The van der Waals surface area contributed by atoms with E-state index in [0.717, 1.165) is 12.0 Å². The maximum absolute atomic E-state index is 13.2. The molecule has 5 nitrogen and oxygen atoms in total. The van der Waals surface area contributed by atoms with E-state index >= 15 is 0 Å². The van der Waals surface area contributed by atoms with Gasteiger partial charge < -0.3 is 14.4 Å². The van der Waals surface area contributed by atoms with Gasteiger partial charge in [-0.25, -0.2) is 0 Å². The molecular weight excluding hydrogens is 304 g/mol. The third-order valence-electron chi connectivity index (χ3n) is 4.12. The molecule has 0 fully saturated rings. The molecule has 2 rings (SSSR count). The Kier molecular flexibility index (Phi) is 6.18. The number of pyridine rings is 1. The van der Waals surface area contributed by atoms with Crippen LogP contribution in [0.3, 0.4) is 0 Å². The summed E-state index contributed by atoms with van der Waals surface area (Å²) in [5.74, 6) is 0.946. The Bertz CT molecular complexity index is 674. The number of para-hydroxylation sites is 1. The van der Waals surface area contributed by atoms with Crippen LogP contribution in [-0.4, -0.2) is 36.1 Å². The molecule has 1 aromatic heterocycles. The molecule has 0 aliphatic rings. The van der Waals surface area contributed by atoms with Gasteiger partial charge in [0.1, 0.15) is 0 Å². The van der Waals surface area contributed by atoms with Crippen molar-refractivity contribution in [3.63, 3.8) is 0 Å². The molecule has 1 heterocycles. The number of carbonyl (C=O) groups excluding carboxylic acids is 1. The normalized spacial score (nSPS) is 11.7. The first-order chi connectivity index (χ1) is 11.6. The monoisotopic (exact) mass is 328 g/mol. The Morgan fingerprint density at radius 2 is 1.88 bits per heavy atom. The first-order valence-electron chi connectivity index (χ1n) is 8.03. The number of amides is 1. The van der Waals surface area contributed by atoms with E-state index in [-0.39, 0.29) is 11.9 Å². The van der Waals surface area contributed by atoms with Gasteiger partial charge in [0, 0.05) is 25.0 Å². The van der Waals surface area contributed by atoms with Crippen molar-refractivity contribution in [2.45, 2.75) is 32.9 Å². The van der Waals surface area contributed by atoms with Gasteiger partial charge in [0.05, 0.1) is 19.8 Å². The van der Waals surface area contributed by atoms with Crippen molar-refractivity contribution >= 4 is 5.91 Å². The molecule has 0 saturated heterocycles. The van der Waals surface area contributed by atoms with E-state index in [0.29, 0.717) is 23.6 Å². The number of hydrogen-bond acceptors (Lipinski definition) is 4. The van der Waals surface area contributed by atoms with Crippen molar-refractivity contribution in [3.8, 4) is 11.5 Å². The Hall–Kier alpha value is -2.56. The van der Waals surface area contributed by atoms with Gasteiger partial charge in [-0.15, -0.1) is 0 Å². The Morgan fingerprint density at radius 3 is 2.46 bits per heavy atom. The predicted octanol–water partition coefficient (Wildman–Crippen LogP) is 3.54. The lowest BCUT2D eigenvalue weighted by Gasteiger charge is -2.29. The van der Waals surface area contributed by atoms with Crippen molar-refractivity contribution < 1.29 is 14.3 Å². The van der Waals surface area contributed by atoms with Gasteiger partial charge in [-0.05, 0) is 43.2 Å². The smallest absolute Gasteiger partial charge is 0.258 e. The van der Waals surface area contributed by atoms with Crippen LogP contribution >= 0.6 is 0 Å². The van der Waals surface area contributed by atoms with Gasteiger partial charge in [0.25, 0.3) is 5.91 Å². The lowest BCUT2D eigenvalue weighted by molar-refractivity contribution is 0.0667. The molecule has 24 heavy (non-hydrogen) atoms. The van der Waals surface area contributed by atoms with Crippen LogP contribution in [0.1, 0.15) is 36.2 Å². The molecule has 0 N–H and O–H groups in total. The zero-order valence-electron chi connectivity index (χ0n) is 14.7. The summed E-state index contributed by atoms with van der Waals surface area (Å²) < 4.78 is 10.7. The van der Waals surface area contributed by atoms with Gasteiger partial charge >= 0.3 is 0 Å². The Morgan fingerprint density at radius 1 is 1.17 bits per heavy atom. The van der Waals surface area contributed by atoms with Crippen molar-refractivity contribution in [1.29, 1.82) is 0 Å². The standard InChI is InChI=1S/C19H24N2O3/c1-5-14(2)21(13-15-9-11-20-12-10-15)19(22)16-7-6-8-17(23-3)18(16)24-4/h6-12,14H,5,13H2,1-4H3/t14-/m1/s1. The van der Waals surface area contributed by atoms with E-state index in [2.05, 4.69) is 11.9 Å². The van der Waals surface area contributed by atoms with Crippen LogP contribution in [0.2, 0.25) is 0 Å². The van der Waals surface area contributed by atoms with Crippen LogP contribution in [0.15, 0.2) is 42.7 Å². The number of benzene rings is 1. The fourth-order valence-electron chi connectivity index (χ4n) is 2.54. The van der Waals surface area contributed by atoms with Gasteiger partial charge in [-0.2, -0.15) is 0 Å². The summed E-state index contributed by atoms with van der Waals surface area (Å²) in [6, 6.07) is 9.30. The van der Waals surface area contributed by atoms with Gasteiger partial charge in [0.2, 0.25) is 0 Å². The lowest BCUT2D eigenvalue weighted by Crippen LogP contribution is -2.38. The summed E-state index contributed by atoms with van der Waals surface area (Å²) in [5.41, 5.74) is 1.55. The summed E-state index contributed by atoms with van der Waals surface area (Å²) in [4.78, 5) is 19.1. The van der Waals surface area contributed by atoms with Crippen molar-refractivity contribution in [1.82, 2.24) is 9.88 Å². The summed E-state index contributed by atoms with van der Waals surface area (Å²) in [5, 5.41) is 0. The van der Waals surface area contributed by atoms with E-state index < -0.39 is 0 Å². The minimum atomic E-state index is -0.0723. The van der Waals surface area contributed by atoms with Crippen LogP contribution in [0.25, 0.3) is 0 Å². The summed E-state index contributed by atoms with van der Waals surface area (Å²) >= 11 is 0. The van der Waals surface area contributed by atoms with Crippen molar-refractivity contribution in [3.05, 3.63) is 53.9 Å². The molecule has 0 aliphatic carbocycles. The molecule has 2 aromatic rings. The van der Waals surface area contributed by atoms with Gasteiger partial charge in [-0.3, -0.25) is 9.78 Å². The van der Waals surface area contributed by atoms with Crippen LogP contribution in [0.4, 0.5) is 0 Å². The molecule has 0 aliphatic heterocycles. The highest BCUT2D eigenvalue weighted by molar-refractivity contribution is 5.98. The molecule has 1 aromatic carbocycles. The highest BCUT2D eigenvalue weighted by Crippen LogP contribution is 2.32. The maximum Gasteiger partial charge on any atom is 0.258 e. The number of methoxy groups -OCH3 is 2. The van der Waals surface area contributed by atoms with Gasteiger partial charge in [-0.1, -0.05) is 13.0 Å². The van der Waals surface area contributed by atoms with Crippen molar-refractivity contribution in [2.24, 2.45) is 0 Å². The lowest BCUT2D eigenvalue weighted by atomic mass is 10.1. The quantitative estimate of drug-likeness (QED) is 0.780. The second kappa shape index (κ2) is 8.34. The Balaban J connectivity index is 2.38. The van der Waals surface area contributed by atoms with E-state index in [1.807, 2.05) is 24.0 Å². The minimum Gasteiger partial charge on any atom is -0.493 e. The van der Waals surface area contributed by atoms with Crippen LogP contribution in [0, 0.1) is 0 Å². The number of aromatic nitrogens is 1. The summed E-state index contributed by atoms with van der Waals surface area (Å²) in [6.45, 7) is 4.64. The first-order valence-corrected chi connectivity index (χ1v) is 8.03. The fourth-order valence-corrected chi connectivity index (χ4v) is 2.54. The molecule has 0 bridgehead atoms. The van der Waals surface area contributed by atoms with Crippen LogP contribution in [0.5, 0.6) is 11.5 Å². The number of hydrogen-bond donors (Lipinski definition) is 0. The average Bonchev–Trinajstić information content (AvgIpc) is 2.64. The molecule has 0 radical (unpaired) electrons. The van der Waals surface area contributed by atoms with Crippen LogP contribution in [-0.2, 0) is 6.54 Å². The van der Waals surface area contributed by atoms with E-state index in [1.54, 1.807) is 44.8 Å². The van der Waals surface area contributed by atoms with Gasteiger partial charge in [0.15, 0.2) is 11.5 Å². The molecule has 5 heteroatoms. The second-order valence-electron chi connectivity index (χ2n) is 5.59. The Labute approximate surface area is 143 Å². The first kappa shape index (κ1) is 17.8. The van der Waals surface area contributed by atoms with E-state index in [9.17, 15) is 4.79 Å². The topological polar surface area (TPSA) is 51.7 Å². The molecular formula is C19H24N2O3. The number of rotatable bonds is 7. The molecule has 1 atom stereocenters. The zero-order valence-corrected chi connectivity index (χ0v) is 14.7. The third kappa shape index (κ3) is 3.85. The average molecular weight is 328 g/mol. The minimum absolute atomic E-state index is 0.0723. The van der Waals surface area contributed by atoms with Crippen molar-refractivity contribution in [2.75, 3.05) is 14.2 Å². The number of ether oxygens (including phenoxy) is 2. The van der Waals surface area contributed by atoms with E-state index in [4.69, 9.17) is 9.47 Å². The fraction of sp³-hybridized carbons (Fsp3) is 0.368. The summed E-state index contributed by atoms with van der Waals surface area (Å²) in [7, 11) is 3.11. The summed E-state index contributed by atoms with van der Waals surface area (Å²) in [6.07, 6.45) is 4.34. The maximum atomic E-state index is 13.2. The third-order valence-corrected chi connectivity index (χ3v) is 4.12. The predicted molar refractivity (Wildman–Crippen MR) is 93.4 cm³/mol. The molecule has 0 spiro atoms. The molecule has 1 amide bonds. The highest BCUT2D eigenvalue weighted by atomic mass is 16.5. The number of nitrogens with zero attached hydrogens (tertiary/aromatic N) is 2. The van der Waals surface area contributed by atoms with Crippen LogP contribution < -0.4 is 9.47 Å².